The van der Waals surface area contributed by atoms with E-state index in [4.69, 9.17) is 0 Å². The van der Waals surface area contributed by atoms with E-state index in [1.165, 1.54) is 17.3 Å². The number of carbonyl (C=O) groups excluding carboxylic acids is 2. The number of hydrazone groups is 1. The lowest BCUT2D eigenvalue weighted by atomic mass is 10.1. The number of aryl methyl sites for hydroxylation is 1. The monoisotopic (exact) mass is 431 g/mol. The molecule has 158 valence electrons. The van der Waals surface area contributed by atoms with Gasteiger partial charge in [0.2, 0.25) is 0 Å². The van der Waals surface area contributed by atoms with Crippen LogP contribution in [-0.2, 0) is 4.79 Å². The lowest BCUT2D eigenvalue weighted by Crippen LogP contribution is -2.27. The standard InChI is InChI=1S/C25H25N3O2S/c1-17-9-15-23(16-10-17)31-19(3)24(29)28-27-18(2)20-11-13-22(14-12-20)26-25(30)21-7-5-4-6-8-21/h4-16,19H,1-3H3,(H,26,30)(H,28,29)/b27-18-/t19-/m0/s1. The lowest BCUT2D eigenvalue weighted by molar-refractivity contribution is -0.120. The average molecular weight is 432 g/mol. The first kappa shape index (κ1) is 22.3. The number of amides is 2. The van der Waals surface area contributed by atoms with Crippen molar-refractivity contribution < 1.29 is 9.59 Å². The van der Waals surface area contributed by atoms with Crippen LogP contribution in [0.15, 0.2) is 88.9 Å². The van der Waals surface area contributed by atoms with E-state index in [2.05, 4.69) is 15.8 Å². The van der Waals surface area contributed by atoms with Gasteiger partial charge in [0.15, 0.2) is 0 Å². The Hall–Kier alpha value is -3.38. The fourth-order valence-electron chi connectivity index (χ4n) is 2.76. The summed E-state index contributed by atoms with van der Waals surface area (Å²) in [6, 6.07) is 24.5. The molecule has 6 heteroatoms. The summed E-state index contributed by atoms with van der Waals surface area (Å²) >= 11 is 1.49. The Morgan fingerprint density at radius 2 is 1.52 bits per heavy atom. The van der Waals surface area contributed by atoms with Gasteiger partial charge in [-0.15, -0.1) is 11.8 Å². The smallest absolute Gasteiger partial charge is 0.255 e. The van der Waals surface area contributed by atoms with Gasteiger partial charge in [-0.25, -0.2) is 5.43 Å². The molecule has 31 heavy (non-hydrogen) atoms. The molecule has 0 heterocycles. The van der Waals surface area contributed by atoms with Crippen LogP contribution in [0.25, 0.3) is 0 Å². The quantitative estimate of drug-likeness (QED) is 0.304. The third-order valence-corrected chi connectivity index (χ3v) is 5.75. The van der Waals surface area contributed by atoms with Gasteiger partial charge in [-0.2, -0.15) is 5.10 Å². The Morgan fingerprint density at radius 1 is 0.871 bits per heavy atom. The molecule has 3 aromatic carbocycles. The second-order valence-corrected chi connectivity index (χ2v) is 8.56. The zero-order valence-corrected chi connectivity index (χ0v) is 18.6. The number of nitrogens with zero attached hydrogens (tertiary/aromatic N) is 1. The summed E-state index contributed by atoms with van der Waals surface area (Å²) in [6.07, 6.45) is 0. The SMILES string of the molecule is C/C(=N/NC(=O)[C@H](C)Sc1ccc(C)cc1)c1ccc(NC(=O)c2ccccc2)cc1. The minimum absolute atomic E-state index is 0.156. The van der Waals surface area contributed by atoms with Crippen molar-refractivity contribution in [2.24, 2.45) is 5.10 Å². The molecule has 0 spiro atoms. The molecule has 0 bridgehead atoms. The van der Waals surface area contributed by atoms with E-state index in [-0.39, 0.29) is 17.1 Å². The zero-order chi connectivity index (χ0) is 22.2. The molecule has 3 rings (SSSR count). The predicted molar refractivity (Wildman–Crippen MR) is 128 cm³/mol. The Bertz CT molecular complexity index is 1060. The summed E-state index contributed by atoms with van der Waals surface area (Å²) in [5.41, 5.74) is 6.66. The van der Waals surface area contributed by atoms with Crippen molar-refractivity contribution in [1.29, 1.82) is 0 Å². The highest BCUT2D eigenvalue weighted by atomic mass is 32.2. The van der Waals surface area contributed by atoms with Crippen LogP contribution in [-0.4, -0.2) is 22.8 Å². The van der Waals surface area contributed by atoms with Gasteiger partial charge in [0.1, 0.15) is 0 Å². The van der Waals surface area contributed by atoms with Crippen LogP contribution in [0.3, 0.4) is 0 Å². The van der Waals surface area contributed by atoms with E-state index in [0.29, 0.717) is 17.0 Å². The topological polar surface area (TPSA) is 70.6 Å². The number of benzene rings is 3. The van der Waals surface area contributed by atoms with Gasteiger partial charge in [0.25, 0.3) is 11.8 Å². The van der Waals surface area contributed by atoms with Gasteiger partial charge in [-0.1, -0.05) is 48.0 Å². The van der Waals surface area contributed by atoms with Crippen molar-refractivity contribution in [3.05, 3.63) is 95.6 Å². The van der Waals surface area contributed by atoms with Crippen LogP contribution in [0.4, 0.5) is 5.69 Å². The van der Waals surface area contributed by atoms with Crippen LogP contribution in [0, 0.1) is 6.92 Å². The van der Waals surface area contributed by atoms with Crippen LogP contribution >= 0.6 is 11.8 Å². The van der Waals surface area contributed by atoms with Gasteiger partial charge >= 0.3 is 0 Å². The second kappa shape index (κ2) is 10.6. The second-order valence-electron chi connectivity index (χ2n) is 7.14. The molecule has 0 aromatic heterocycles. The maximum atomic E-state index is 12.4. The molecule has 0 aliphatic rings. The molecule has 0 aliphatic carbocycles. The van der Waals surface area contributed by atoms with Gasteiger partial charge < -0.3 is 5.32 Å². The first-order chi connectivity index (χ1) is 14.9. The van der Waals surface area contributed by atoms with E-state index in [9.17, 15) is 9.59 Å². The molecule has 5 nitrogen and oxygen atoms in total. The predicted octanol–water partition coefficient (Wildman–Crippen LogP) is 5.27. The van der Waals surface area contributed by atoms with E-state index < -0.39 is 0 Å². The Balaban J connectivity index is 1.55. The van der Waals surface area contributed by atoms with Crippen molar-refractivity contribution >= 4 is 35.0 Å². The summed E-state index contributed by atoms with van der Waals surface area (Å²) in [7, 11) is 0. The Kier molecular flexibility index (Phi) is 7.62. The van der Waals surface area contributed by atoms with Crippen LogP contribution in [0.5, 0.6) is 0 Å². The van der Waals surface area contributed by atoms with Crippen molar-refractivity contribution in [3.8, 4) is 0 Å². The molecule has 3 aromatic rings. The van der Waals surface area contributed by atoms with Gasteiger partial charge in [0.05, 0.1) is 11.0 Å². The van der Waals surface area contributed by atoms with Crippen molar-refractivity contribution in [2.45, 2.75) is 30.9 Å². The van der Waals surface area contributed by atoms with E-state index >= 15 is 0 Å². The highest BCUT2D eigenvalue weighted by molar-refractivity contribution is 8.00. The average Bonchev–Trinajstić information content (AvgIpc) is 2.79. The first-order valence-electron chi connectivity index (χ1n) is 9.96. The highest BCUT2D eigenvalue weighted by Gasteiger charge is 2.14. The summed E-state index contributed by atoms with van der Waals surface area (Å²) in [4.78, 5) is 25.7. The molecule has 2 amide bonds. The van der Waals surface area contributed by atoms with Crippen molar-refractivity contribution in [2.75, 3.05) is 5.32 Å². The van der Waals surface area contributed by atoms with Gasteiger partial charge in [-0.05, 0) is 62.7 Å². The maximum absolute atomic E-state index is 12.4. The molecular weight excluding hydrogens is 406 g/mol. The number of thioether (sulfide) groups is 1. The van der Waals surface area contributed by atoms with Gasteiger partial charge in [-0.3, -0.25) is 9.59 Å². The summed E-state index contributed by atoms with van der Waals surface area (Å²) in [5, 5.41) is 6.82. The number of nitrogens with one attached hydrogen (secondary N) is 2. The molecule has 0 aliphatic heterocycles. The largest absolute Gasteiger partial charge is 0.322 e. The summed E-state index contributed by atoms with van der Waals surface area (Å²) < 4.78 is 0. The van der Waals surface area contributed by atoms with Crippen molar-refractivity contribution in [3.63, 3.8) is 0 Å². The fourth-order valence-corrected chi connectivity index (χ4v) is 3.62. The number of rotatable bonds is 7. The van der Waals surface area contributed by atoms with Crippen LogP contribution in [0.2, 0.25) is 0 Å². The fraction of sp³-hybridized carbons (Fsp3) is 0.160. The molecule has 0 saturated heterocycles. The van der Waals surface area contributed by atoms with Crippen LogP contribution in [0.1, 0.15) is 35.3 Å². The number of hydrogen-bond donors (Lipinski definition) is 2. The van der Waals surface area contributed by atoms with Crippen molar-refractivity contribution in [1.82, 2.24) is 5.43 Å². The Labute approximate surface area is 187 Å². The van der Waals surface area contributed by atoms with Gasteiger partial charge in [0, 0.05) is 16.1 Å². The minimum atomic E-state index is -0.269. The molecule has 1 atom stereocenters. The number of carbonyl (C=O) groups is 2. The normalized spacial score (nSPS) is 12.2. The maximum Gasteiger partial charge on any atom is 0.255 e. The summed E-state index contributed by atoms with van der Waals surface area (Å²) in [5.74, 6) is -0.317. The molecular formula is C25H25N3O2S. The van der Waals surface area contributed by atoms with Crippen LogP contribution < -0.4 is 10.7 Å². The molecule has 0 radical (unpaired) electrons. The third kappa shape index (κ3) is 6.55. The lowest BCUT2D eigenvalue weighted by Gasteiger charge is -2.10. The number of hydrogen-bond acceptors (Lipinski definition) is 4. The zero-order valence-electron chi connectivity index (χ0n) is 17.8. The Morgan fingerprint density at radius 3 is 2.16 bits per heavy atom. The van der Waals surface area contributed by atoms with E-state index in [0.717, 1.165) is 10.5 Å². The molecule has 0 saturated carbocycles. The third-order valence-electron chi connectivity index (χ3n) is 4.63. The van der Waals surface area contributed by atoms with E-state index in [1.54, 1.807) is 12.1 Å². The van der Waals surface area contributed by atoms with E-state index in [1.807, 2.05) is 87.5 Å². The molecule has 0 fully saturated rings. The minimum Gasteiger partial charge on any atom is -0.322 e. The highest BCUT2D eigenvalue weighted by Crippen LogP contribution is 2.23. The summed E-state index contributed by atoms with van der Waals surface area (Å²) in [6.45, 7) is 5.72. The number of anilines is 1. The molecule has 2 N–H and O–H groups in total. The molecule has 0 unspecified atom stereocenters. The first-order valence-corrected chi connectivity index (χ1v) is 10.8.